The van der Waals surface area contributed by atoms with E-state index in [0.717, 1.165) is 27.7 Å². The molecule has 2 aliphatic heterocycles. The van der Waals surface area contributed by atoms with Crippen molar-refractivity contribution in [3.63, 3.8) is 0 Å². The highest BCUT2D eigenvalue weighted by Gasteiger charge is 2.55. The molecule has 0 bridgehead atoms. The van der Waals surface area contributed by atoms with E-state index in [1.54, 1.807) is 54.6 Å². The van der Waals surface area contributed by atoms with Crippen LogP contribution in [0.3, 0.4) is 0 Å². The fourth-order valence-corrected chi connectivity index (χ4v) is 6.24. The summed E-state index contributed by atoms with van der Waals surface area (Å²) in [5.74, 6) is -6.23. The molecule has 0 radical (unpaired) electrons. The Morgan fingerprint density at radius 1 is 0.458 bits per heavy atom. The number of hydrogen-bond acceptors (Lipinski definition) is 18. The van der Waals surface area contributed by atoms with E-state index < -0.39 is 116 Å². The zero-order valence-electron chi connectivity index (χ0n) is 32.2. The minimum absolute atomic E-state index is 0.0556. The van der Waals surface area contributed by atoms with Gasteiger partial charge < -0.3 is 52.5 Å². The summed E-state index contributed by atoms with van der Waals surface area (Å²) >= 11 is 0. The van der Waals surface area contributed by atoms with E-state index in [1.807, 2.05) is 0 Å². The predicted molar refractivity (Wildman–Crippen MR) is 196 cm³/mol. The highest BCUT2D eigenvalue weighted by atomic mass is 16.7. The molecule has 18 heteroatoms. The maximum atomic E-state index is 13.7. The van der Waals surface area contributed by atoms with Crippen molar-refractivity contribution in [1.82, 2.24) is 0 Å². The van der Waals surface area contributed by atoms with Crippen LogP contribution in [0.4, 0.5) is 0 Å². The van der Waals surface area contributed by atoms with Gasteiger partial charge in [-0.1, -0.05) is 54.6 Å². The van der Waals surface area contributed by atoms with Gasteiger partial charge in [-0.3, -0.25) is 19.2 Å². The molecule has 0 spiro atoms. The topological polar surface area (TPSA) is 232 Å². The normalized spacial score (nSPS) is 26.3. The molecule has 2 fully saturated rings. The van der Waals surface area contributed by atoms with Crippen molar-refractivity contribution >= 4 is 41.8 Å². The second-order valence-corrected chi connectivity index (χ2v) is 13.2. The molecule has 59 heavy (non-hydrogen) atoms. The first-order chi connectivity index (χ1) is 28.2. The number of esters is 7. The van der Waals surface area contributed by atoms with Crippen LogP contribution in [-0.2, 0) is 66.5 Å². The lowest BCUT2D eigenvalue weighted by molar-refractivity contribution is -0.327. The molecular weight excluding hydrogens is 780 g/mol. The molecule has 2 saturated heterocycles. The molecule has 18 nitrogen and oxygen atoms in total. The van der Waals surface area contributed by atoms with Crippen LogP contribution in [0.1, 0.15) is 58.8 Å². The fourth-order valence-electron chi connectivity index (χ4n) is 6.24. The summed E-state index contributed by atoms with van der Waals surface area (Å²) in [7, 11) is 0. The van der Waals surface area contributed by atoms with Crippen LogP contribution in [0, 0.1) is 0 Å². The van der Waals surface area contributed by atoms with E-state index in [0.29, 0.717) is 0 Å². The van der Waals surface area contributed by atoms with Crippen molar-refractivity contribution in [3.05, 3.63) is 108 Å². The number of carbonyl (C=O) groups is 7. The number of benzene rings is 3. The third kappa shape index (κ3) is 11.9. The summed E-state index contributed by atoms with van der Waals surface area (Å²) in [5, 5.41) is 11.4. The maximum absolute atomic E-state index is 13.7. The van der Waals surface area contributed by atoms with Gasteiger partial charge in [-0.05, 0) is 36.4 Å². The summed E-state index contributed by atoms with van der Waals surface area (Å²) in [6.45, 7) is 2.97. The number of rotatable bonds is 14. The van der Waals surface area contributed by atoms with Gasteiger partial charge in [0, 0.05) is 27.7 Å². The molecule has 0 saturated carbocycles. The minimum Gasteiger partial charge on any atom is -0.463 e. The highest BCUT2D eigenvalue weighted by Crippen LogP contribution is 2.33. The summed E-state index contributed by atoms with van der Waals surface area (Å²) in [6.07, 6.45) is -16.7. The fraction of sp³-hybridized carbons (Fsp3) is 0.390. The highest BCUT2D eigenvalue weighted by molar-refractivity contribution is 5.91. The summed E-state index contributed by atoms with van der Waals surface area (Å²) in [6, 6.07) is 23.1. The van der Waals surface area contributed by atoms with Crippen LogP contribution in [0.15, 0.2) is 91.0 Å². The molecule has 2 heterocycles. The Labute approximate surface area is 337 Å². The molecule has 0 unspecified atom stereocenters. The number of ether oxygens (including phenoxy) is 10. The Bertz CT molecular complexity index is 1940. The van der Waals surface area contributed by atoms with Crippen LogP contribution in [-0.4, -0.2) is 122 Å². The quantitative estimate of drug-likeness (QED) is 0.182. The zero-order chi connectivity index (χ0) is 42.6. The first-order valence-electron chi connectivity index (χ1n) is 18.3. The van der Waals surface area contributed by atoms with Crippen molar-refractivity contribution in [2.45, 2.75) is 89.1 Å². The van der Waals surface area contributed by atoms with Crippen molar-refractivity contribution in [1.29, 1.82) is 0 Å². The number of aliphatic hydroxyl groups is 1. The van der Waals surface area contributed by atoms with Crippen LogP contribution >= 0.6 is 0 Å². The van der Waals surface area contributed by atoms with Crippen LogP contribution in [0.2, 0.25) is 0 Å². The molecule has 2 aliphatic rings. The van der Waals surface area contributed by atoms with E-state index in [-0.39, 0.29) is 16.7 Å². The molecular formula is C41H42O18. The number of hydrogen-bond donors (Lipinski definition) is 1. The van der Waals surface area contributed by atoms with E-state index >= 15 is 0 Å². The number of carbonyl (C=O) groups excluding carboxylic acids is 7. The molecule has 0 aromatic heterocycles. The van der Waals surface area contributed by atoms with Crippen molar-refractivity contribution in [3.8, 4) is 0 Å². The average molecular weight is 823 g/mol. The standard InChI is InChI=1S/C41H42O18/c1-22(42)50-20-30-31(52-23(2)43)34(53-24(3)44)36(54-25(4)45)41(56-30)51-21-29-32(57-37(46)26-14-8-5-9-15-26)33(58-38(47)27-16-10-6-11-17-27)35(40(49)55-29)59-39(48)28-18-12-7-13-19-28/h5-19,29-36,40-41,49H,20-21H2,1-4H3/t29-,30-,31+,32+,33+,34+,35-,36-,40-,41-/m1/s1. The smallest absolute Gasteiger partial charge is 0.338 e. The Balaban J connectivity index is 1.53. The van der Waals surface area contributed by atoms with Gasteiger partial charge >= 0.3 is 41.8 Å². The van der Waals surface area contributed by atoms with Crippen molar-refractivity contribution < 1.29 is 86.0 Å². The van der Waals surface area contributed by atoms with Crippen molar-refractivity contribution in [2.75, 3.05) is 13.2 Å². The van der Waals surface area contributed by atoms with Gasteiger partial charge in [0.25, 0.3) is 0 Å². The van der Waals surface area contributed by atoms with E-state index in [1.165, 1.54) is 36.4 Å². The van der Waals surface area contributed by atoms with E-state index in [2.05, 4.69) is 0 Å². The lowest BCUT2D eigenvalue weighted by Gasteiger charge is -2.45. The lowest BCUT2D eigenvalue weighted by Crippen LogP contribution is -2.64. The molecule has 10 atom stereocenters. The Hall–Kier alpha value is -6.21. The summed E-state index contributed by atoms with van der Waals surface area (Å²) < 4.78 is 56.9. The second-order valence-electron chi connectivity index (χ2n) is 13.2. The third-order valence-corrected chi connectivity index (χ3v) is 8.74. The predicted octanol–water partition coefficient (Wildman–Crippen LogP) is 2.48. The minimum atomic E-state index is -2.05. The Kier molecular flexibility index (Phi) is 15.2. The summed E-state index contributed by atoms with van der Waals surface area (Å²) in [5.41, 5.74) is 0.184. The van der Waals surface area contributed by atoms with Crippen molar-refractivity contribution in [2.24, 2.45) is 0 Å². The van der Waals surface area contributed by atoms with Crippen LogP contribution in [0.25, 0.3) is 0 Å². The SMILES string of the molecule is CC(=O)OC[C@H]1O[C@@H](OC[C@H]2O[C@@H](O)[C@H](OC(=O)c3ccccc3)[C@@H](OC(=O)c3ccccc3)[C@H]2OC(=O)c2ccccc2)[C@H](OC(C)=O)[C@@H](OC(C)=O)[C@H]1OC(C)=O. The molecule has 1 N–H and O–H groups in total. The largest absolute Gasteiger partial charge is 0.463 e. The average Bonchev–Trinajstić information content (AvgIpc) is 3.20. The van der Waals surface area contributed by atoms with Crippen LogP contribution in [0.5, 0.6) is 0 Å². The molecule has 3 aromatic rings. The van der Waals surface area contributed by atoms with Gasteiger partial charge in [0.15, 0.2) is 49.2 Å². The molecule has 5 rings (SSSR count). The monoisotopic (exact) mass is 822 g/mol. The first kappa shape index (κ1) is 43.9. The Morgan fingerprint density at radius 3 is 1.29 bits per heavy atom. The van der Waals surface area contributed by atoms with Gasteiger partial charge in [-0.15, -0.1) is 0 Å². The number of aliphatic hydroxyl groups excluding tert-OH is 1. The first-order valence-corrected chi connectivity index (χ1v) is 18.3. The second kappa shape index (κ2) is 20.5. The molecule has 3 aromatic carbocycles. The molecule has 0 amide bonds. The van der Waals surface area contributed by atoms with Gasteiger partial charge in [-0.2, -0.15) is 0 Å². The van der Waals surface area contributed by atoms with E-state index in [9.17, 15) is 38.7 Å². The molecule has 0 aliphatic carbocycles. The van der Waals surface area contributed by atoms with Crippen LogP contribution < -0.4 is 0 Å². The third-order valence-electron chi connectivity index (χ3n) is 8.74. The Morgan fingerprint density at radius 2 is 0.831 bits per heavy atom. The lowest BCUT2D eigenvalue weighted by atomic mass is 9.97. The zero-order valence-corrected chi connectivity index (χ0v) is 32.2. The maximum Gasteiger partial charge on any atom is 0.338 e. The van der Waals surface area contributed by atoms with Gasteiger partial charge in [0.05, 0.1) is 23.3 Å². The van der Waals surface area contributed by atoms with Gasteiger partial charge in [-0.25, -0.2) is 14.4 Å². The molecule has 314 valence electrons. The summed E-state index contributed by atoms with van der Waals surface area (Å²) in [4.78, 5) is 89.4. The van der Waals surface area contributed by atoms with Gasteiger partial charge in [0.1, 0.15) is 18.8 Å². The van der Waals surface area contributed by atoms with Gasteiger partial charge in [0.2, 0.25) is 0 Å². The van der Waals surface area contributed by atoms with E-state index in [4.69, 9.17) is 47.4 Å².